The van der Waals surface area contributed by atoms with Crippen molar-refractivity contribution in [2.24, 2.45) is 5.14 Å². The van der Waals surface area contributed by atoms with Crippen molar-refractivity contribution in [2.75, 3.05) is 14.2 Å². The SMILES string of the molecule is CNC(c1ccc(OC)cc1)c1csc(S(N)(=O)=O)c1. The van der Waals surface area contributed by atoms with Gasteiger partial charge in [-0.15, -0.1) is 11.3 Å². The fraction of sp³-hybridized carbons (Fsp3) is 0.231. The van der Waals surface area contributed by atoms with E-state index in [-0.39, 0.29) is 10.3 Å². The third-order valence-corrected chi connectivity index (χ3v) is 5.35. The van der Waals surface area contributed by atoms with Crippen LogP contribution in [0.1, 0.15) is 17.2 Å². The molecule has 1 aromatic carbocycles. The van der Waals surface area contributed by atoms with E-state index in [9.17, 15) is 8.42 Å². The number of rotatable bonds is 5. The van der Waals surface area contributed by atoms with Crippen molar-refractivity contribution in [1.82, 2.24) is 5.32 Å². The molecule has 108 valence electrons. The molecule has 5 nitrogen and oxygen atoms in total. The van der Waals surface area contributed by atoms with Gasteiger partial charge in [0.1, 0.15) is 9.96 Å². The van der Waals surface area contributed by atoms with Crippen LogP contribution in [0.4, 0.5) is 0 Å². The Balaban J connectivity index is 2.34. The Morgan fingerprint density at radius 3 is 2.35 bits per heavy atom. The second-order valence-electron chi connectivity index (χ2n) is 4.24. The summed E-state index contributed by atoms with van der Waals surface area (Å²) >= 11 is 1.12. The summed E-state index contributed by atoms with van der Waals surface area (Å²) in [6.07, 6.45) is 0. The number of benzene rings is 1. The average Bonchev–Trinajstić information content (AvgIpc) is 2.90. The van der Waals surface area contributed by atoms with Crippen molar-refractivity contribution >= 4 is 21.4 Å². The largest absolute Gasteiger partial charge is 0.497 e. The number of nitrogens with two attached hydrogens (primary N) is 1. The van der Waals surface area contributed by atoms with E-state index < -0.39 is 10.0 Å². The van der Waals surface area contributed by atoms with Crippen molar-refractivity contribution in [2.45, 2.75) is 10.3 Å². The van der Waals surface area contributed by atoms with Crippen LogP contribution in [-0.2, 0) is 10.0 Å². The standard InChI is InChI=1S/C13H16N2O3S2/c1-15-13(9-3-5-11(18-2)6-4-9)10-7-12(19-8-10)20(14,16)17/h3-8,13,15H,1-2H3,(H2,14,16,17). The molecule has 1 heterocycles. The third kappa shape index (κ3) is 3.18. The molecule has 0 saturated carbocycles. The fourth-order valence-corrected chi connectivity index (χ4v) is 3.59. The summed E-state index contributed by atoms with van der Waals surface area (Å²) in [6, 6.07) is 9.13. The molecule has 0 aliphatic carbocycles. The second-order valence-corrected chi connectivity index (χ2v) is 6.94. The van der Waals surface area contributed by atoms with E-state index >= 15 is 0 Å². The quantitative estimate of drug-likeness (QED) is 0.880. The van der Waals surface area contributed by atoms with Gasteiger partial charge in [-0.1, -0.05) is 12.1 Å². The molecule has 1 aromatic heterocycles. The van der Waals surface area contributed by atoms with Crippen LogP contribution in [0.25, 0.3) is 0 Å². The lowest BCUT2D eigenvalue weighted by molar-refractivity contribution is 0.414. The molecule has 0 saturated heterocycles. The van der Waals surface area contributed by atoms with Crippen LogP contribution in [0.2, 0.25) is 0 Å². The highest BCUT2D eigenvalue weighted by Gasteiger charge is 2.17. The maximum atomic E-state index is 11.3. The Hall–Kier alpha value is -1.41. The van der Waals surface area contributed by atoms with E-state index in [4.69, 9.17) is 9.88 Å². The van der Waals surface area contributed by atoms with Crippen molar-refractivity contribution in [3.05, 3.63) is 46.8 Å². The molecule has 1 atom stereocenters. The molecule has 0 aliphatic heterocycles. The maximum Gasteiger partial charge on any atom is 0.247 e. The summed E-state index contributed by atoms with van der Waals surface area (Å²) in [7, 11) is -0.210. The van der Waals surface area contributed by atoms with Gasteiger partial charge in [0.15, 0.2) is 0 Å². The highest BCUT2D eigenvalue weighted by molar-refractivity contribution is 7.91. The number of nitrogens with one attached hydrogen (secondary N) is 1. The van der Waals surface area contributed by atoms with Crippen molar-refractivity contribution in [3.8, 4) is 5.75 Å². The second kappa shape index (κ2) is 5.92. The van der Waals surface area contributed by atoms with E-state index in [1.165, 1.54) is 0 Å². The molecule has 1 unspecified atom stereocenters. The summed E-state index contributed by atoms with van der Waals surface area (Å²) < 4.78 is 27.9. The molecular weight excluding hydrogens is 296 g/mol. The van der Waals surface area contributed by atoms with Crippen LogP contribution in [0.15, 0.2) is 39.9 Å². The predicted octanol–water partition coefficient (Wildman–Crippen LogP) is 1.71. The van der Waals surface area contributed by atoms with Gasteiger partial charge in [-0.2, -0.15) is 0 Å². The van der Waals surface area contributed by atoms with Crippen molar-refractivity contribution < 1.29 is 13.2 Å². The van der Waals surface area contributed by atoms with Gasteiger partial charge in [-0.05, 0) is 41.8 Å². The monoisotopic (exact) mass is 312 g/mol. The van der Waals surface area contributed by atoms with E-state index in [0.29, 0.717) is 0 Å². The Morgan fingerprint density at radius 1 is 1.25 bits per heavy atom. The lowest BCUT2D eigenvalue weighted by atomic mass is 10.0. The van der Waals surface area contributed by atoms with Gasteiger partial charge >= 0.3 is 0 Å². The predicted molar refractivity (Wildman–Crippen MR) is 79.6 cm³/mol. The number of sulfonamides is 1. The van der Waals surface area contributed by atoms with Crippen LogP contribution >= 0.6 is 11.3 Å². The van der Waals surface area contributed by atoms with E-state index in [0.717, 1.165) is 28.2 Å². The fourth-order valence-electron chi connectivity index (χ4n) is 1.95. The molecule has 0 aliphatic rings. The molecule has 7 heteroatoms. The maximum absolute atomic E-state index is 11.3. The highest BCUT2D eigenvalue weighted by Crippen LogP contribution is 2.29. The molecule has 2 aromatic rings. The normalized spacial score (nSPS) is 13.2. The van der Waals surface area contributed by atoms with Crippen molar-refractivity contribution in [3.63, 3.8) is 0 Å². The topological polar surface area (TPSA) is 81.4 Å². The first-order chi connectivity index (χ1) is 9.45. The number of thiophene rings is 1. The molecular formula is C13H16N2O3S2. The van der Waals surface area contributed by atoms with Crippen LogP contribution in [0.5, 0.6) is 5.75 Å². The molecule has 20 heavy (non-hydrogen) atoms. The molecule has 2 rings (SSSR count). The highest BCUT2D eigenvalue weighted by atomic mass is 32.2. The summed E-state index contributed by atoms with van der Waals surface area (Å²) in [6.45, 7) is 0. The molecule has 0 spiro atoms. The van der Waals surface area contributed by atoms with Gasteiger partial charge in [-0.25, -0.2) is 13.6 Å². The van der Waals surface area contributed by atoms with Crippen LogP contribution in [0, 0.1) is 0 Å². The van der Waals surface area contributed by atoms with Gasteiger partial charge in [0.05, 0.1) is 13.2 Å². The summed E-state index contributed by atoms with van der Waals surface area (Å²) in [5, 5.41) is 10.1. The minimum atomic E-state index is -3.65. The number of methoxy groups -OCH3 is 1. The molecule has 0 fully saturated rings. The average molecular weight is 312 g/mol. The minimum Gasteiger partial charge on any atom is -0.497 e. The third-order valence-electron chi connectivity index (χ3n) is 2.95. The van der Waals surface area contributed by atoms with Gasteiger partial charge in [0.2, 0.25) is 10.0 Å². The van der Waals surface area contributed by atoms with Crippen LogP contribution in [-0.4, -0.2) is 22.6 Å². The zero-order valence-corrected chi connectivity index (χ0v) is 12.8. The molecule has 0 bridgehead atoms. The van der Waals surface area contributed by atoms with Crippen LogP contribution in [0.3, 0.4) is 0 Å². The number of ether oxygens (including phenoxy) is 1. The lowest BCUT2D eigenvalue weighted by Gasteiger charge is -2.15. The molecule has 0 amide bonds. The van der Waals surface area contributed by atoms with Gasteiger partial charge in [0.25, 0.3) is 0 Å². The first-order valence-corrected chi connectivity index (χ1v) is 8.30. The first kappa shape index (κ1) is 15.0. The number of hydrogen-bond acceptors (Lipinski definition) is 5. The molecule has 3 N–H and O–H groups in total. The van der Waals surface area contributed by atoms with Gasteiger partial charge in [-0.3, -0.25) is 0 Å². The minimum absolute atomic E-state index is 0.0901. The number of primary sulfonamides is 1. The summed E-state index contributed by atoms with van der Waals surface area (Å²) in [4.78, 5) is 0. The molecule has 0 radical (unpaired) electrons. The summed E-state index contributed by atoms with van der Waals surface area (Å²) in [5.41, 5.74) is 1.89. The van der Waals surface area contributed by atoms with Gasteiger partial charge in [0, 0.05) is 0 Å². The van der Waals surface area contributed by atoms with Crippen LogP contribution < -0.4 is 15.2 Å². The Bertz CT molecular complexity index is 678. The zero-order chi connectivity index (χ0) is 14.8. The smallest absolute Gasteiger partial charge is 0.247 e. The Morgan fingerprint density at radius 2 is 1.90 bits per heavy atom. The van der Waals surface area contributed by atoms with Gasteiger partial charge < -0.3 is 10.1 Å². The number of hydrogen-bond donors (Lipinski definition) is 2. The van der Waals surface area contributed by atoms with E-state index in [1.807, 2.05) is 31.3 Å². The zero-order valence-electron chi connectivity index (χ0n) is 11.2. The first-order valence-electron chi connectivity index (χ1n) is 5.88. The lowest BCUT2D eigenvalue weighted by Crippen LogP contribution is -2.17. The Labute approximate surface area is 122 Å². The van der Waals surface area contributed by atoms with Crippen molar-refractivity contribution in [1.29, 1.82) is 0 Å². The Kier molecular flexibility index (Phi) is 4.44. The van der Waals surface area contributed by atoms with E-state index in [1.54, 1.807) is 18.6 Å². The summed E-state index contributed by atoms with van der Waals surface area (Å²) in [5.74, 6) is 0.777. The van der Waals surface area contributed by atoms with E-state index in [2.05, 4.69) is 5.32 Å².